The van der Waals surface area contributed by atoms with E-state index in [9.17, 15) is 0 Å². The summed E-state index contributed by atoms with van der Waals surface area (Å²) < 4.78 is 0. The molecule has 9 heavy (non-hydrogen) atoms. The monoisotopic (exact) mass is 124 g/mol. The van der Waals surface area contributed by atoms with Crippen LogP contribution < -0.4 is 5.73 Å². The lowest BCUT2D eigenvalue weighted by Gasteiger charge is -2.01. The number of nitrogen functional groups attached to an aromatic ring is 1. The Morgan fingerprint density at radius 1 is 1.56 bits per heavy atom. The maximum absolute atomic E-state index is 5.61. The quantitative estimate of drug-likeness (QED) is 0.588. The van der Waals surface area contributed by atoms with E-state index in [1.807, 2.05) is 12.3 Å². The fraction of sp³-hybridized carbons (Fsp3) is 0.429. The third-order valence-electron chi connectivity index (χ3n) is 1.39. The van der Waals surface area contributed by atoms with Gasteiger partial charge in [-0.3, -0.25) is 0 Å². The molecule has 0 aliphatic rings. The summed E-state index contributed by atoms with van der Waals surface area (Å²) in [6, 6.07) is 1.88. The summed E-state index contributed by atoms with van der Waals surface area (Å²) in [6.45, 7) is 4.23. The van der Waals surface area contributed by atoms with Gasteiger partial charge in [0.1, 0.15) is 0 Å². The summed E-state index contributed by atoms with van der Waals surface area (Å²) >= 11 is 0. The Hall–Kier alpha value is -0.920. The molecule has 3 N–H and O–H groups in total. The standard InChI is InChI=1S/C7H12N2/c1-5(2)7-6(8)3-4-9-7/h3-5,9H,8H2,1-2H3. The van der Waals surface area contributed by atoms with Crippen molar-refractivity contribution < 1.29 is 0 Å². The molecular formula is C7H12N2. The molecule has 2 nitrogen and oxygen atoms in total. The second kappa shape index (κ2) is 2.13. The molecule has 0 saturated heterocycles. The Morgan fingerprint density at radius 2 is 2.22 bits per heavy atom. The van der Waals surface area contributed by atoms with Crippen molar-refractivity contribution in [2.45, 2.75) is 19.8 Å². The third kappa shape index (κ3) is 1.07. The van der Waals surface area contributed by atoms with Gasteiger partial charge in [-0.1, -0.05) is 13.8 Å². The molecule has 0 fully saturated rings. The van der Waals surface area contributed by atoms with Crippen LogP contribution in [-0.2, 0) is 0 Å². The van der Waals surface area contributed by atoms with Gasteiger partial charge in [0.15, 0.2) is 0 Å². The minimum atomic E-state index is 0.500. The number of rotatable bonds is 1. The molecule has 0 spiro atoms. The first-order valence-corrected chi connectivity index (χ1v) is 3.14. The van der Waals surface area contributed by atoms with Crippen LogP contribution in [0.5, 0.6) is 0 Å². The fourth-order valence-corrected chi connectivity index (χ4v) is 0.894. The van der Waals surface area contributed by atoms with Crippen molar-refractivity contribution in [1.82, 2.24) is 4.98 Å². The molecule has 0 radical (unpaired) electrons. The van der Waals surface area contributed by atoms with E-state index in [1.165, 1.54) is 0 Å². The largest absolute Gasteiger partial charge is 0.397 e. The minimum absolute atomic E-state index is 0.500. The van der Waals surface area contributed by atoms with Gasteiger partial charge in [0, 0.05) is 11.9 Å². The minimum Gasteiger partial charge on any atom is -0.397 e. The van der Waals surface area contributed by atoms with Gasteiger partial charge in [-0.2, -0.15) is 0 Å². The Morgan fingerprint density at radius 3 is 2.44 bits per heavy atom. The molecular weight excluding hydrogens is 112 g/mol. The lowest BCUT2D eigenvalue weighted by molar-refractivity contribution is 0.836. The maximum Gasteiger partial charge on any atom is 0.0527 e. The lowest BCUT2D eigenvalue weighted by Crippen LogP contribution is -1.92. The topological polar surface area (TPSA) is 41.8 Å². The average molecular weight is 124 g/mol. The van der Waals surface area contributed by atoms with E-state index < -0.39 is 0 Å². The highest BCUT2D eigenvalue weighted by Crippen LogP contribution is 2.18. The molecule has 0 aliphatic heterocycles. The number of hydrogen-bond acceptors (Lipinski definition) is 1. The van der Waals surface area contributed by atoms with E-state index in [4.69, 9.17) is 5.73 Å². The highest BCUT2D eigenvalue weighted by atomic mass is 14.8. The van der Waals surface area contributed by atoms with Crippen molar-refractivity contribution in [3.63, 3.8) is 0 Å². The van der Waals surface area contributed by atoms with Gasteiger partial charge in [-0.25, -0.2) is 0 Å². The number of nitrogens with two attached hydrogens (primary N) is 1. The molecule has 0 aromatic carbocycles. The Kier molecular flexibility index (Phi) is 1.47. The predicted octanol–water partition coefficient (Wildman–Crippen LogP) is 1.72. The van der Waals surface area contributed by atoms with Gasteiger partial charge in [-0.05, 0) is 12.0 Å². The number of nitrogens with one attached hydrogen (secondary N) is 1. The Balaban J connectivity index is 2.94. The third-order valence-corrected chi connectivity index (χ3v) is 1.39. The van der Waals surface area contributed by atoms with Crippen molar-refractivity contribution in [2.75, 3.05) is 5.73 Å². The van der Waals surface area contributed by atoms with Gasteiger partial charge < -0.3 is 10.7 Å². The second-order valence-electron chi connectivity index (χ2n) is 2.50. The van der Waals surface area contributed by atoms with Crippen LogP contribution in [-0.4, -0.2) is 4.98 Å². The first-order chi connectivity index (χ1) is 4.22. The van der Waals surface area contributed by atoms with Crippen molar-refractivity contribution in [3.8, 4) is 0 Å². The first-order valence-electron chi connectivity index (χ1n) is 3.14. The fourth-order valence-electron chi connectivity index (χ4n) is 0.894. The van der Waals surface area contributed by atoms with Crippen LogP contribution in [0.4, 0.5) is 5.69 Å². The average Bonchev–Trinajstić information content (AvgIpc) is 2.13. The highest BCUT2D eigenvalue weighted by Gasteiger charge is 2.02. The molecule has 1 rings (SSSR count). The van der Waals surface area contributed by atoms with E-state index in [2.05, 4.69) is 18.8 Å². The zero-order valence-electron chi connectivity index (χ0n) is 5.81. The van der Waals surface area contributed by atoms with Crippen LogP contribution in [0.2, 0.25) is 0 Å². The zero-order valence-corrected chi connectivity index (χ0v) is 5.81. The number of aromatic amines is 1. The Labute approximate surface area is 55.1 Å². The molecule has 1 aromatic rings. The molecule has 2 heteroatoms. The van der Waals surface area contributed by atoms with Crippen LogP contribution in [0, 0.1) is 0 Å². The Bertz CT molecular complexity index is 189. The summed E-state index contributed by atoms with van der Waals surface area (Å²) in [5.74, 6) is 0.500. The van der Waals surface area contributed by atoms with Gasteiger partial charge in [0.25, 0.3) is 0 Å². The molecule has 0 amide bonds. The summed E-state index contributed by atoms with van der Waals surface area (Å²) in [6.07, 6.45) is 1.87. The highest BCUT2D eigenvalue weighted by molar-refractivity contribution is 5.44. The van der Waals surface area contributed by atoms with E-state index in [1.54, 1.807) is 0 Å². The van der Waals surface area contributed by atoms with Crippen molar-refractivity contribution >= 4 is 5.69 Å². The first kappa shape index (κ1) is 6.20. The molecule has 1 heterocycles. The predicted molar refractivity (Wildman–Crippen MR) is 39.3 cm³/mol. The summed E-state index contributed by atoms with van der Waals surface area (Å²) in [5.41, 5.74) is 7.61. The van der Waals surface area contributed by atoms with Gasteiger partial charge in [0.05, 0.1) is 5.69 Å². The van der Waals surface area contributed by atoms with Crippen molar-refractivity contribution in [1.29, 1.82) is 0 Å². The van der Waals surface area contributed by atoms with Gasteiger partial charge >= 0.3 is 0 Å². The van der Waals surface area contributed by atoms with Crippen LogP contribution in [0.1, 0.15) is 25.5 Å². The van der Waals surface area contributed by atoms with Crippen LogP contribution in [0.15, 0.2) is 12.3 Å². The normalized spacial score (nSPS) is 10.6. The van der Waals surface area contributed by atoms with Crippen LogP contribution in [0.25, 0.3) is 0 Å². The van der Waals surface area contributed by atoms with Crippen molar-refractivity contribution in [3.05, 3.63) is 18.0 Å². The van der Waals surface area contributed by atoms with E-state index >= 15 is 0 Å². The zero-order chi connectivity index (χ0) is 6.85. The lowest BCUT2D eigenvalue weighted by atomic mass is 10.1. The SMILES string of the molecule is CC(C)c1[nH]ccc1N. The summed E-state index contributed by atoms with van der Waals surface area (Å²) in [7, 11) is 0. The van der Waals surface area contributed by atoms with E-state index in [0.29, 0.717) is 5.92 Å². The number of aromatic nitrogens is 1. The van der Waals surface area contributed by atoms with E-state index in [-0.39, 0.29) is 0 Å². The molecule has 50 valence electrons. The number of H-pyrrole nitrogens is 1. The molecule has 0 bridgehead atoms. The molecule has 0 atom stereocenters. The summed E-state index contributed by atoms with van der Waals surface area (Å²) in [4.78, 5) is 3.08. The number of hydrogen-bond donors (Lipinski definition) is 2. The molecule has 1 aromatic heterocycles. The van der Waals surface area contributed by atoms with Crippen molar-refractivity contribution in [2.24, 2.45) is 0 Å². The smallest absolute Gasteiger partial charge is 0.0527 e. The second-order valence-corrected chi connectivity index (χ2v) is 2.50. The summed E-state index contributed by atoms with van der Waals surface area (Å²) in [5, 5.41) is 0. The maximum atomic E-state index is 5.61. The van der Waals surface area contributed by atoms with Gasteiger partial charge in [-0.15, -0.1) is 0 Å². The molecule has 0 saturated carbocycles. The van der Waals surface area contributed by atoms with Gasteiger partial charge in [0.2, 0.25) is 0 Å². The molecule has 0 unspecified atom stereocenters. The van der Waals surface area contributed by atoms with Crippen LogP contribution in [0.3, 0.4) is 0 Å². The van der Waals surface area contributed by atoms with E-state index in [0.717, 1.165) is 11.4 Å². The van der Waals surface area contributed by atoms with Crippen LogP contribution >= 0.6 is 0 Å². The molecule has 0 aliphatic carbocycles. The number of anilines is 1.